The van der Waals surface area contributed by atoms with E-state index in [4.69, 9.17) is 9.15 Å². The lowest BCUT2D eigenvalue weighted by Crippen LogP contribution is -2.22. The van der Waals surface area contributed by atoms with E-state index in [1.165, 1.54) is 35.1 Å². The molecule has 35 heavy (non-hydrogen) atoms. The molecule has 0 fully saturated rings. The number of carbonyl (C=O) groups excluding carboxylic acids is 2. The first-order valence-corrected chi connectivity index (χ1v) is 11.9. The fraction of sp³-hybridized carbons (Fsp3) is 0.0833. The number of esters is 1. The molecule has 0 aliphatic rings. The standard InChI is InChI=1S/C24H18N4O6S/c25-13-17-14-26-28(18-7-3-1-4-8-18)23(17)27-22(29)15-33-24(30)21-12-11-19(34-21)16-35(31,32)20-9-5-2-6-10-20/h1-12,14H,15-16H2,(H,27,29). The van der Waals surface area contributed by atoms with Gasteiger partial charge in [-0.1, -0.05) is 36.4 Å². The molecule has 4 aromatic rings. The second-order valence-electron chi connectivity index (χ2n) is 7.23. The third-order valence-electron chi connectivity index (χ3n) is 4.78. The Morgan fingerprint density at radius 1 is 1.03 bits per heavy atom. The molecular weight excluding hydrogens is 472 g/mol. The Morgan fingerprint density at radius 3 is 2.40 bits per heavy atom. The number of ether oxygens (including phenoxy) is 1. The molecule has 2 aromatic heterocycles. The van der Waals surface area contributed by atoms with Gasteiger partial charge >= 0.3 is 5.97 Å². The Hall–Kier alpha value is -4.69. The number of para-hydroxylation sites is 1. The Labute approximate surface area is 200 Å². The molecule has 0 saturated heterocycles. The third kappa shape index (κ3) is 5.45. The quantitative estimate of drug-likeness (QED) is 0.371. The van der Waals surface area contributed by atoms with E-state index < -0.39 is 34.1 Å². The van der Waals surface area contributed by atoms with Gasteiger partial charge in [0, 0.05) is 0 Å². The summed E-state index contributed by atoms with van der Waals surface area (Å²) in [4.78, 5) is 24.8. The number of hydrogen-bond acceptors (Lipinski definition) is 8. The maximum absolute atomic E-state index is 12.5. The van der Waals surface area contributed by atoms with Gasteiger partial charge in [0.05, 0.1) is 16.8 Å². The van der Waals surface area contributed by atoms with Gasteiger partial charge < -0.3 is 14.5 Å². The number of sulfone groups is 1. The predicted molar refractivity (Wildman–Crippen MR) is 123 cm³/mol. The molecule has 0 bridgehead atoms. The van der Waals surface area contributed by atoms with Crippen molar-refractivity contribution in [2.45, 2.75) is 10.6 Å². The Balaban J connectivity index is 1.38. The molecule has 0 radical (unpaired) electrons. The predicted octanol–water partition coefficient (Wildman–Crippen LogP) is 3.11. The van der Waals surface area contributed by atoms with Gasteiger partial charge in [-0.15, -0.1) is 0 Å². The highest BCUT2D eigenvalue weighted by molar-refractivity contribution is 7.90. The van der Waals surface area contributed by atoms with Gasteiger partial charge in [-0.25, -0.2) is 17.9 Å². The van der Waals surface area contributed by atoms with Crippen molar-refractivity contribution in [3.8, 4) is 11.8 Å². The fourth-order valence-electron chi connectivity index (χ4n) is 3.15. The van der Waals surface area contributed by atoms with Crippen LogP contribution in [0.15, 0.2) is 88.3 Å². The second kappa shape index (κ2) is 10.1. The minimum atomic E-state index is -3.66. The van der Waals surface area contributed by atoms with Crippen LogP contribution in [0.1, 0.15) is 21.9 Å². The summed E-state index contributed by atoms with van der Waals surface area (Å²) < 4.78 is 36.6. The van der Waals surface area contributed by atoms with E-state index in [-0.39, 0.29) is 27.8 Å². The van der Waals surface area contributed by atoms with Crippen molar-refractivity contribution < 1.29 is 27.2 Å². The molecule has 1 amide bonds. The number of furan rings is 1. The van der Waals surface area contributed by atoms with Gasteiger partial charge in [0.25, 0.3) is 5.91 Å². The molecule has 0 aliphatic heterocycles. The van der Waals surface area contributed by atoms with Crippen LogP contribution < -0.4 is 5.32 Å². The largest absolute Gasteiger partial charge is 0.453 e. The van der Waals surface area contributed by atoms with E-state index in [1.54, 1.807) is 42.5 Å². The summed E-state index contributed by atoms with van der Waals surface area (Å²) in [6.45, 7) is -0.665. The SMILES string of the molecule is N#Cc1cnn(-c2ccccc2)c1NC(=O)COC(=O)c1ccc(CS(=O)(=O)c2ccccc2)o1. The van der Waals surface area contributed by atoms with Crippen molar-refractivity contribution in [1.82, 2.24) is 9.78 Å². The van der Waals surface area contributed by atoms with Crippen LogP contribution in [-0.4, -0.2) is 36.7 Å². The van der Waals surface area contributed by atoms with Crippen LogP contribution in [0.3, 0.4) is 0 Å². The lowest BCUT2D eigenvalue weighted by atomic mass is 10.3. The molecular formula is C24H18N4O6S. The summed E-state index contributed by atoms with van der Waals surface area (Å²) in [5.41, 5.74) is 0.749. The number of rotatable bonds is 8. The van der Waals surface area contributed by atoms with Crippen molar-refractivity contribution in [3.05, 3.63) is 96.1 Å². The van der Waals surface area contributed by atoms with E-state index in [0.717, 1.165) is 0 Å². The summed E-state index contributed by atoms with van der Waals surface area (Å²) in [6.07, 6.45) is 1.31. The minimum Gasteiger partial charge on any atom is -0.453 e. The normalized spacial score (nSPS) is 10.9. The molecule has 4 rings (SSSR count). The summed E-state index contributed by atoms with van der Waals surface area (Å²) in [6, 6.07) is 21.3. The highest BCUT2D eigenvalue weighted by atomic mass is 32.2. The van der Waals surface area contributed by atoms with E-state index in [1.807, 2.05) is 12.1 Å². The van der Waals surface area contributed by atoms with Gasteiger partial charge in [-0.05, 0) is 36.4 Å². The first kappa shape index (κ1) is 23.5. The van der Waals surface area contributed by atoms with Crippen LogP contribution in [0, 0.1) is 11.3 Å². The molecule has 0 aliphatic carbocycles. The number of benzene rings is 2. The molecule has 11 heteroatoms. The highest BCUT2D eigenvalue weighted by Gasteiger charge is 2.21. The lowest BCUT2D eigenvalue weighted by molar-refractivity contribution is -0.119. The number of nitrogens with one attached hydrogen (secondary N) is 1. The Morgan fingerprint density at radius 2 is 1.71 bits per heavy atom. The van der Waals surface area contributed by atoms with Crippen LogP contribution in [0.25, 0.3) is 5.69 Å². The highest BCUT2D eigenvalue weighted by Crippen LogP contribution is 2.20. The second-order valence-corrected chi connectivity index (χ2v) is 9.22. The van der Waals surface area contributed by atoms with Crippen molar-refractivity contribution >= 4 is 27.5 Å². The van der Waals surface area contributed by atoms with Crippen LogP contribution in [0.5, 0.6) is 0 Å². The average Bonchev–Trinajstić information content (AvgIpc) is 3.50. The maximum Gasteiger partial charge on any atom is 0.374 e. The van der Waals surface area contributed by atoms with Gasteiger partial charge in [-0.3, -0.25) is 4.79 Å². The van der Waals surface area contributed by atoms with Crippen molar-refractivity contribution in [3.63, 3.8) is 0 Å². The number of anilines is 1. The maximum atomic E-state index is 12.5. The van der Waals surface area contributed by atoms with Crippen LogP contribution in [0.2, 0.25) is 0 Å². The molecule has 1 N–H and O–H groups in total. The number of nitriles is 1. The van der Waals surface area contributed by atoms with Gasteiger partial charge in [0.15, 0.2) is 22.3 Å². The zero-order valence-electron chi connectivity index (χ0n) is 18.1. The van der Waals surface area contributed by atoms with Crippen LogP contribution in [-0.2, 0) is 25.1 Å². The Bertz CT molecular complexity index is 1500. The van der Waals surface area contributed by atoms with Crippen LogP contribution in [0.4, 0.5) is 5.82 Å². The monoisotopic (exact) mass is 490 g/mol. The summed E-state index contributed by atoms with van der Waals surface area (Å²) in [5.74, 6) is -2.15. The van der Waals surface area contributed by atoms with Crippen molar-refractivity contribution in [2.24, 2.45) is 0 Å². The zero-order valence-corrected chi connectivity index (χ0v) is 18.9. The number of nitrogens with zero attached hydrogens (tertiary/aromatic N) is 3. The molecule has 0 saturated carbocycles. The molecule has 176 valence electrons. The van der Waals surface area contributed by atoms with Crippen LogP contribution >= 0.6 is 0 Å². The van der Waals surface area contributed by atoms with Gasteiger partial charge in [-0.2, -0.15) is 10.4 Å². The van der Waals surface area contributed by atoms with Gasteiger partial charge in [0.1, 0.15) is 23.1 Å². The molecule has 0 atom stereocenters. The number of hydrogen-bond donors (Lipinski definition) is 1. The van der Waals surface area contributed by atoms with Crippen molar-refractivity contribution in [2.75, 3.05) is 11.9 Å². The fourth-order valence-corrected chi connectivity index (χ4v) is 4.42. The molecule has 0 spiro atoms. The summed E-state index contributed by atoms with van der Waals surface area (Å²) in [5, 5.41) is 16.0. The van der Waals surface area contributed by atoms with E-state index in [2.05, 4.69) is 10.4 Å². The third-order valence-corrected chi connectivity index (χ3v) is 6.44. The molecule has 2 heterocycles. The molecule has 2 aromatic carbocycles. The number of aromatic nitrogens is 2. The first-order valence-electron chi connectivity index (χ1n) is 10.2. The first-order chi connectivity index (χ1) is 16.9. The van der Waals surface area contributed by atoms with E-state index in [0.29, 0.717) is 5.69 Å². The molecule has 10 nitrogen and oxygen atoms in total. The van der Waals surface area contributed by atoms with E-state index in [9.17, 15) is 23.3 Å². The molecule has 0 unspecified atom stereocenters. The van der Waals surface area contributed by atoms with Crippen molar-refractivity contribution in [1.29, 1.82) is 5.26 Å². The van der Waals surface area contributed by atoms with Gasteiger partial charge in [0.2, 0.25) is 5.76 Å². The Kier molecular flexibility index (Phi) is 6.75. The minimum absolute atomic E-state index is 0.0516. The smallest absolute Gasteiger partial charge is 0.374 e. The summed E-state index contributed by atoms with van der Waals surface area (Å²) in [7, 11) is -3.66. The average molecular weight is 490 g/mol. The number of carbonyl (C=O) groups is 2. The topological polar surface area (TPSA) is 144 Å². The van der Waals surface area contributed by atoms with E-state index >= 15 is 0 Å². The summed E-state index contributed by atoms with van der Waals surface area (Å²) >= 11 is 0. The number of amides is 1. The lowest BCUT2D eigenvalue weighted by Gasteiger charge is -2.09. The zero-order chi connectivity index (χ0) is 24.8.